The lowest BCUT2D eigenvalue weighted by atomic mass is 10.3. The predicted molar refractivity (Wildman–Crippen MR) is 92.9 cm³/mol. The van der Waals surface area contributed by atoms with Gasteiger partial charge in [-0.05, 0) is 31.6 Å². The molecule has 0 unspecified atom stereocenters. The summed E-state index contributed by atoms with van der Waals surface area (Å²) in [5.41, 5.74) is 0.778. The summed E-state index contributed by atoms with van der Waals surface area (Å²) in [5, 5.41) is 6.92. The van der Waals surface area contributed by atoms with E-state index in [1.165, 1.54) is 0 Å². The molecule has 0 atom stereocenters. The smallest absolute Gasteiger partial charge is 0.238 e. The highest BCUT2D eigenvalue weighted by molar-refractivity contribution is 5.92. The standard InChI is InChI=1S/C17H24N6O2/c1-2-17-20-15(21-25-17)12-22-8-3-9-23(11-10-22)13-16(24)19-14-4-6-18-7-5-14/h4-7H,2-3,8-13H2,1H3,(H,18,19,24). The quantitative estimate of drug-likeness (QED) is 0.842. The third kappa shape index (κ3) is 5.33. The minimum atomic E-state index is 0.00501. The van der Waals surface area contributed by atoms with E-state index in [1.54, 1.807) is 24.5 Å². The molecule has 1 saturated heterocycles. The molecule has 0 saturated carbocycles. The van der Waals surface area contributed by atoms with Crippen LogP contribution in [0.5, 0.6) is 0 Å². The fourth-order valence-corrected chi connectivity index (χ4v) is 2.88. The van der Waals surface area contributed by atoms with Crippen molar-refractivity contribution in [3.8, 4) is 0 Å². The van der Waals surface area contributed by atoms with Gasteiger partial charge in [0, 0.05) is 37.6 Å². The van der Waals surface area contributed by atoms with Crippen molar-refractivity contribution in [3.63, 3.8) is 0 Å². The Morgan fingerprint density at radius 3 is 2.72 bits per heavy atom. The minimum Gasteiger partial charge on any atom is -0.339 e. The number of nitrogens with zero attached hydrogens (tertiary/aromatic N) is 5. The van der Waals surface area contributed by atoms with E-state index in [2.05, 4.69) is 30.2 Å². The maximum atomic E-state index is 12.2. The number of pyridine rings is 1. The van der Waals surface area contributed by atoms with Gasteiger partial charge in [0.05, 0.1) is 13.1 Å². The lowest BCUT2D eigenvalue weighted by Crippen LogP contribution is -2.36. The van der Waals surface area contributed by atoms with Crippen LogP contribution in [0, 0.1) is 0 Å². The van der Waals surface area contributed by atoms with Crippen LogP contribution in [-0.2, 0) is 17.8 Å². The number of aromatic nitrogens is 3. The van der Waals surface area contributed by atoms with Crippen molar-refractivity contribution in [1.29, 1.82) is 0 Å². The van der Waals surface area contributed by atoms with Crippen molar-refractivity contribution in [1.82, 2.24) is 24.9 Å². The Morgan fingerprint density at radius 2 is 1.96 bits per heavy atom. The first kappa shape index (κ1) is 17.5. The van der Waals surface area contributed by atoms with Crippen LogP contribution in [0.4, 0.5) is 5.69 Å². The molecular weight excluding hydrogens is 320 g/mol. The number of carbonyl (C=O) groups excluding carboxylic acids is 1. The molecule has 1 aliphatic rings. The van der Waals surface area contributed by atoms with Crippen LogP contribution >= 0.6 is 0 Å². The van der Waals surface area contributed by atoms with Gasteiger partial charge in [0.15, 0.2) is 5.82 Å². The van der Waals surface area contributed by atoms with Gasteiger partial charge < -0.3 is 9.84 Å². The second-order valence-electron chi connectivity index (χ2n) is 6.15. The van der Waals surface area contributed by atoms with E-state index in [9.17, 15) is 4.79 Å². The highest BCUT2D eigenvalue weighted by Crippen LogP contribution is 2.09. The highest BCUT2D eigenvalue weighted by atomic mass is 16.5. The van der Waals surface area contributed by atoms with Crippen LogP contribution < -0.4 is 5.32 Å². The molecule has 134 valence electrons. The number of rotatable bonds is 6. The van der Waals surface area contributed by atoms with Crippen LogP contribution in [0.15, 0.2) is 29.0 Å². The summed E-state index contributed by atoms with van der Waals surface area (Å²) in [5.74, 6) is 1.42. The topological polar surface area (TPSA) is 87.4 Å². The minimum absolute atomic E-state index is 0.00501. The molecule has 0 aliphatic carbocycles. The van der Waals surface area contributed by atoms with Gasteiger partial charge in [0.25, 0.3) is 0 Å². The predicted octanol–water partition coefficient (Wildman–Crippen LogP) is 1.17. The first-order valence-electron chi connectivity index (χ1n) is 8.69. The van der Waals surface area contributed by atoms with Crippen LogP contribution in [0.25, 0.3) is 0 Å². The molecule has 1 fully saturated rings. The van der Waals surface area contributed by atoms with E-state index < -0.39 is 0 Å². The Hall–Kier alpha value is -2.32. The third-order valence-electron chi connectivity index (χ3n) is 4.19. The summed E-state index contributed by atoms with van der Waals surface area (Å²) in [6.45, 7) is 6.71. The molecule has 3 rings (SSSR count). The first-order chi connectivity index (χ1) is 12.2. The summed E-state index contributed by atoms with van der Waals surface area (Å²) in [6.07, 6.45) is 5.11. The highest BCUT2D eigenvalue weighted by Gasteiger charge is 2.18. The molecule has 2 aromatic heterocycles. The Kier molecular flexibility index (Phi) is 6.08. The number of carbonyl (C=O) groups is 1. The van der Waals surface area contributed by atoms with Gasteiger partial charge in [-0.2, -0.15) is 4.98 Å². The van der Waals surface area contributed by atoms with Crippen molar-refractivity contribution >= 4 is 11.6 Å². The van der Waals surface area contributed by atoms with Crippen LogP contribution in [0.2, 0.25) is 0 Å². The second-order valence-corrected chi connectivity index (χ2v) is 6.15. The molecule has 8 nitrogen and oxygen atoms in total. The first-order valence-corrected chi connectivity index (χ1v) is 8.69. The van der Waals surface area contributed by atoms with Gasteiger partial charge in [-0.15, -0.1) is 0 Å². The Bertz CT molecular complexity index is 675. The van der Waals surface area contributed by atoms with E-state index >= 15 is 0 Å². The molecule has 0 spiro atoms. The Morgan fingerprint density at radius 1 is 1.20 bits per heavy atom. The van der Waals surface area contributed by atoms with E-state index in [0.717, 1.165) is 50.5 Å². The number of hydrogen-bond acceptors (Lipinski definition) is 7. The summed E-state index contributed by atoms with van der Waals surface area (Å²) < 4.78 is 5.16. The monoisotopic (exact) mass is 344 g/mol. The zero-order valence-electron chi connectivity index (χ0n) is 14.5. The molecular formula is C17H24N6O2. The second kappa shape index (κ2) is 8.68. The molecule has 25 heavy (non-hydrogen) atoms. The number of aryl methyl sites for hydroxylation is 1. The molecule has 1 amide bonds. The van der Waals surface area contributed by atoms with Crippen LogP contribution in [0.3, 0.4) is 0 Å². The normalized spacial score (nSPS) is 16.5. The Balaban J connectivity index is 1.45. The largest absolute Gasteiger partial charge is 0.339 e. The molecule has 0 bridgehead atoms. The SMILES string of the molecule is CCc1nc(CN2CCCN(CC(=O)Nc3ccncc3)CC2)no1. The summed E-state index contributed by atoms with van der Waals surface area (Å²) >= 11 is 0. The molecule has 2 aromatic rings. The molecule has 0 aromatic carbocycles. The van der Waals surface area contributed by atoms with Crippen LogP contribution in [0.1, 0.15) is 25.1 Å². The van der Waals surface area contributed by atoms with E-state index in [-0.39, 0.29) is 5.91 Å². The lowest BCUT2D eigenvalue weighted by molar-refractivity contribution is -0.117. The summed E-state index contributed by atoms with van der Waals surface area (Å²) in [6, 6.07) is 3.58. The maximum absolute atomic E-state index is 12.2. The average Bonchev–Trinajstić information content (AvgIpc) is 2.96. The van der Waals surface area contributed by atoms with Crippen LogP contribution in [-0.4, -0.2) is 63.6 Å². The average molecular weight is 344 g/mol. The van der Waals surface area contributed by atoms with Gasteiger partial charge >= 0.3 is 0 Å². The van der Waals surface area contributed by atoms with E-state index in [0.29, 0.717) is 19.0 Å². The van der Waals surface area contributed by atoms with Gasteiger partial charge in [-0.25, -0.2) is 0 Å². The van der Waals surface area contributed by atoms with Crippen molar-refractivity contribution in [2.45, 2.75) is 26.3 Å². The van der Waals surface area contributed by atoms with Crippen molar-refractivity contribution < 1.29 is 9.32 Å². The molecule has 1 N–H and O–H groups in total. The van der Waals surface area contributed by atoms with Gasteiger partial charge in [0.2, 0.25) is 11.8 Å². The maximum Gasteiger partial charge on any atom is 0.238 e. The number of hydrogen-bond donors (Lipinski definition) is 1. The molecule has 8 heteroatoms. The number of nitrogens with one attached hydrogen (secondary N) is 1. The van der Waals surface area contributed by atoms with Gasteiger partial charge in [-0.3, -0.25) is 19.6 Å². The van der Waals surface area contributed by atoms with Crippen molar-refractivity contribution in [2.24, 2.45) is 0 Å². The zero-order valence-corrected chi connectivity index (χ0v) is 14.5. The van der Waals surface area contributed by atoms with Crippen molar-refractivity contribution in [2.75, 3.05) is 38.0 Å². The Labute approximate surface area is 147 Å². The summed E-state index contributed by atoms with van der Waals surface area (Å²) in [4.78, 5) is 25.0. The molecule has 1 aliphatic heterocycles. The molecule has 3 heterocycles. The lowest BCUT2D eigenvalue weighted by Gasteiger charge is -2.20. The molecule has 0 radical (unpaired) electrons. The number of amides is 1. The van der Waals surface area contributed by atoms with E-state index in [1.807, 2.05) is 6.92 Å². The number of anilines is 1. The fourth-order valence-electron chi connectivity index (χ4n) is 2.88. The third-order valence-corrected chi connectivity index (χ3v) is 4.19. The zero-order chi connectivity index (χ0) is 17.5. The van der Waals surface area contributed by atoms with Crippen molar-refractivity contribution in [3.05, 3.63) is 36.2 Å². The van der Waals surface area contributed by atoms with Gasteiger partial charge in [-0.1, -0.05) is 12.1 Å². The van der Waals surface area contributed by atoms with E-state index in [4.69, 9.17) is 4.52 Å². The van der Waals surface area contributed by atoms with Gasteiger partial charge in [0.1, 0.15) is 0 Å². The summed E-state index contributed by atoms with van der Waals surface area (Å²) in [7, 11) is 0. The fraction of sp³-hybridized carbons (Fsp3) is 0.529.